The smallest absolute Gasteiger partial charge is 0.244 e. The summed E-state index contributed by atoms with van der Waals surface area (Å²) in [7, 11) is 0. The second kappa shape index (κ2) is 6.41. The van der Waals surface area contributed by atoms with Gasteiger partial charge >= 0.3 is 0 Å². The molecular formula is C23H25BrN2O2. The molecule has 0 bridgehead atoms. The Labute approximate surface area is 174 Å². The molecule has 0 radical (unpaired) electrons. The monoisotopic (exact) mass is 440 g/mol. The van der Waals surface area contributed by atoms with Crippen molar-refractivity contribution in [1.82, 2.24) is 9.80 Å². The number of alkyl halides is 1. The zero-order valence-electron chi connectivity index (χ0n) is 16.2. The average molecular weight is 441 g/mol. The molecule has 2 aromatic carbocycles. The first kappa shape index (κ1) is 18.3. The van der Waals surface area contributed by atoms with E-state index in [1.165, 1.54) is 5.56 Å². The number of fused-ring (bicyclic) bond motifs is 3. The highest BCUT2D eigenvalue weighted by Gasteiger charge is 2.71. The van der Waals surface area contributed by atoms with Crippen LogP contribution in [0.15, 0.2) is 60.7 Å². The van der Waals surface area contributed by atoms with E-state index in [9.17, 15) is 4.79 Å². The lowest BCUT2D eigenvalue weighted by atomic mass is 9.91. The molecule has 0 N–H and O–H groups in total. The van der Waals surface area contributed by atoms with E-state index >= 15 is 0 Å². The van der Waals surface area contributed by atoms with Crippen LogP contribution < -0.4 is 0 Å². The molecule has 3 heterocycles. The Bertz CT molecular complexity index is 892. The van der Waals surface area contributed by atoms with Gasteiger partial charge in [0.1, 0.15) is 10.0 Å². The van der Waals surface area contributed by atoms with E-state index in [-0.39, 0.29) is 23.9 Å². The highest BCUT2D eigenvalue weighted by atomic mass is 79.9. The van der Waals surface area contributed by atoms with Gasteiger partial charge in [0, 0.05) is 25.0 Å². The number of ether oxygens (including phenoxy) is 1. The molecule has 3 saturated heterocycles. The largest absolute Gasteiger partial charge is 0.353 e. The Morgan fingerprint density at radius 2 is 1.75 bits per heavy atom. The van der Waals surface area contributed by atoms with Gasteiger partial charge in [0.05, 0.1) is 12.6 Å². The van der Waals surface area contributed by atoms with Crippen LogP contribution in [0.25, 0.3) is 0 Å². The predicted molar refractivity (Wildman–Crippen MR) is 112 cm³/mol. The van der Waals surface area contributed by atoms with Crippen molar-refractivity contribution in [3.63, 3.8) is 0 Å². The summed E-state index contributed by atoms with van der Waals surface area (Å²) in [5.41, 5.74) is 1.85. The molecule has 0 aliphatic carbocycles. The van der Waals surface area contributed by atoms with Crippen molar-refractivity contribution < 1.29 is 9.53 Å². The first-order valence-electron chi connectivity index (χ1n) is 9.96. The summed E-state index contributed by atoms with van der Waals surface area (Å²) in [4.78, 5) is 18.1. The Balaban J connectivity index is 1.45. The minimum Gasteiger partial charge on any atom is -0.353 e. The Morgan fingerprint density at radius 1 is 1.11 bits per heavy atom. The highest BCUT2D eigenvalue weighted by molar-refractivity contribution is 9.10. The van der Waals surface area contributed by atoms with Crippen LogP contribution in [0.5, 0.6) is 0 Å². The fourth-order valence-corrected chi connectivity index (χ4v) is 6.41. The van der Waals surface area contributed by atoms with Gasteiger partial charge in [-0.25, -0.2) is 0 Å². The third-order valence-corrected chi connectivity index (χ3v) is 8.10. The fraction of sp³-hybridized carbons (Fsp3) is 0.435. The number of halogens is 1. The van der Waals surface area contributed by atoms with Gasteiger partial charge < -0.3 is 9.64 Å². The van der Waals surface area contributed by atoms with Crippen LogP contribution in [0.4, 0.5) is 0 Å². The standard InChI is InChI=1S/C23H25BrN2O2/c1-16(17-9-5-3-6-10-17)25-13-20-22(2)26(21(27)23(20,24)15-25)19(14-28-22)18-11-7-4-8-12-18/h3-12,16,19-20H,13-15H2,1-2H3/t16-,19-,20+,22-,23-/m1/s1. The summed E-state index contributed by atoms with van der Waals surface area (Å²) in [6.45, 7) is 6.41. The third kappa shape index (κ3) is 2.46. The Kier molecular flexibility index (Phi) is 4.20. The number of benzene rings is 2. The van der Waals surface area contributed by atoms with Gasteiger partial charge in [-0.3, -0.25) is 9.69 Å². The van der Waals surface area contributed by atoms with E-state index in [4.69, 9.17) is 4.74 Å². The van der Waals surface area contributed by atoms with Crippen LogP contribution in [0.3, 0.4) is 0 Å². The molecule has 28 heavy (non-hydrogen) atoms. The van der Waals surface area contributed by atoms with E-state index in [2.05, 4.69) is 71.1 Å². The van der Waals surface area contributed by atoms with Crippen molar-refractivity contribution >= 4 is 21.8 Å². The summed E-state index contributed by atoms with van der Waals surface area (Å²) in [5, 5.41) is 0. The maximum Gasteiger partial charge on any atom is 0.244 e. The van der Waals surface area contributed by atoms with E-state index in [1.807, 2.05) is 29.2 Å². The van der Waals surface area contributed by atoms with Crippen LogP contribution in [0, 0.1) is 5.92 Å². The maximum absolute atomic E-state index is 13.7. The van der Waals surface area contributed by atoms with Gasteiger partial charge in [-0.2, -0.15) is 0 Å². The van der Waals surface area contributed by atoms with Crippen molar-refractivity contribution in [2.24, 2.45) is 5.92 Å². The maximum atomic E-state index is 13.7. The summed E-state index contributed by atoms with van der Waals surface area (Å²) >= 11 is 3.90. The third-order valence-electron chi connectivity index (χ3n) is 6.96. The second-order valence-corrected chi connectivity index (χ2v) is 9.81. The van der Waals surface area contributed by atoms with Gasteiger partial charge in [-0.1, -0.05) is 76.6 Å². The minimum absolute atomic E-state index is 0.0151. The second-order valence-electron chi connectivity index (χ2n) is 8.40. The number of carbonyl (C=O) groups is 1. The number of hydrogen-bond donors (Lipinski definition) is 0. The molecule has 5 atom stereocenters. The van der Waals surface area contributed by atoms with Crippen molar-refractivity contribution in [1.29, 1.82) is 0 Å². The number of carbonyl (C=O) groups excluding carboxylic acids is 1. The Morgan fingerprint density at radius 3 is 2.43 bits per heavy atom. The summed E-state index contributed by atoms with van der Waals surface area (Å²) < 4.78 is 5.78. The lowest BCUT2D eigenvalue weighted by Crippen LogP contribution is -2.46. The summed E-state index contributed by atoms with van der Waals surface area (Å²) in [6, 6.07) is 21.0. The minimum atomic E-state index is -0.585. The van der Waals surface area contributed by atoms with Gasteiger partial charge in [-0.15, -0.1) is 0 Å². The average Bonchev–Trinajstić information content (AvgIpc) is 3.31. The molecule has 2 aromatic rings. The summed E-state index contributed by atoms with van der Waals surface area (Å²) in [5.74, 6) is 0.251. The van der Waals surface area contributed by atoms with Gasteiger partial charge in [0.15, 0.2) is 0 Å². The predicted octanol–water partition coefficient (Wildman–Crippen LogP) is 4.14. The van der Waals surface area contributed by atoms with Crippen molar-refractivity contribution in [2.45, 2.75) is 36.0 Å². The number of rotatable bonds is 3. The van der Waals surface area contributed by atoms with Crippen LogP contribution in [0.1, 0.15) is 37.1 Å². The number of nitrogens with zero attached hydrogens (tertiary/aromatic N) is 2. The van der Waals surface area contributed by atoms with Crippen LogP contribution in [-0.2, 0) is 9.53 Å². The number of amides is 1. The molecule has 5 heteroatoms. The lowest BCUT2D eigenvalue weighted by molar-refractivity contribution is -0.140. The quantitative estimate of drug-likeness (QED) is 0.672. The fourth-order valence-electron chi connectivity index (χ4n) is 5.33. The van der Waals surface area contributed by atoms with Crippen molar-refractivity contribution in [3.8, 4) is 0 Å². The zero-order chi connectivity index (χ0) is 19.5. The molecule has 0 spiro atoms. The van der Waals surface area contributed by atoms with Gasteiger partial charge in [0.2, 0.25) is 5.91 Å². The molecule has 3 aliphatic rings. The van der Waals surface area contributed by atoms with E-state index in [1.54, 1.807) is 0 Å². The van der Waals surface area contributed by atoms with E-state index in [0.717, 1.165) is 12.1 Å². The first-order valence-corrected chi connectivity index (χ1v) is 10.7. The van der Waals surface area contributed by atoms with E-state index in [0.29, 0.717) is 13.2 Å². The zero-order valence-corrected chi connectivity index (χ0v) is 17.8. The normalized spacial score (nSPS) is 35.8. The lowest BCUT2D eigenvalue weighted by Gasteiger charge is -2.35. The van der Waals surface area contributed by atoms with Crippen LogP contribution >= 0.6 is 15.9 Å². The summed E-state index contributed by atoms with van der Waals surface area (Å²) in [6.07, 6.45) is 0. The molecule has 3 aliphatic heterocycles. The molecule has 146 valence electrons. The molecule has 4 nitrogen and oxygen atoms in total. The molecule has 0 aromatic heterocycles. The Hall–Kier alpha value is -1.69. The molecule has 1 amide bonds. The van der Waals surface area contributed by atoms with Gasteiger partial charge in [-0.05, 0) is 25.0 Å². The number of likely N-dealkylation sites (tertiary alicyclic amines) is 1. The van der Waals surface area contributed by atoms with Gasteiger partial charge in [0.25, 0.3) is 0 Å². The molecular weight excluding hydrogens is 416 g/mol. The number of hydrogen-bond acceptors (Lipinski definition) is 3. The molecule has 5 rings (SSSR count). The topological polar surface area (TPSA) is 32.8 Å². The molecule has 0 saturated carbocycles. The van der Waals surface area contributed by atoms with E-state index < -0.39 is 10.0 Å². The van der Waals surface area contributed by atoms with Crippen molar-refractivity contribution in [3.05, 3.63) is 71.8 Å². The van der Waals surface area contributed by atoms with Crippen LogP contribution in [0.2, 0.25) is 0 Å². The highest BCUT2D eigenvalue weighted by Crippen LogP contribution is 2.58. The van der Waals surface area contributed by atoms with Crippen LogP contribution in [-0.4, -0.2) is 45.5 Å². The molecule has 3 fully saturated rings. The first-order chi connectivity index (χ1) is 13.4. The SMILES string of the molecule is C[C@H](c1ccccc1)N1C[C@@H]2[C@](Br)(C1)C(=O)N1[C@@H](c3ccccc3)CO[C@]21C. The van der Waals surface area contributed by atoms with Crippen molar-refractivity contribution in [2.75, 3.05) is 19.7 Å². The molecule has 0 unspecified atom stereocenters.